The minimum atomic E-state index is -0.644. The van der Waals surface area contributed by atoms with Crippen LogP contribution in [0.5, 0.6) is 0 Å². The van der Waals surface area contributed by atoms with Gasteiger partial charge in [0.15, 0.2) is 0 Å². The van der Waals surface area contributed by atoms with Gasteiger partial charge < -0.3 is 16.0 Å². The highest BCUT2D eigenvalue weighted by molar-refractivity contribution is 6.33. The van der Waals surface area contributed by atoms with Crippen LogP contribution in [0.3, 0.4) is 0 Å². The van der Waals surface area contributed by atoms with E-state index in [9.17, 15) is 14.0 Å². The molecule has 0 saturated carbocycles. The molecule has 2 aromatic rings. The number of hydrogen-bond acceptors (Lipinski definition) is 3. The number of para-hydroxylation sites is 1. The van der Waals surface area contributed by atoms with Crippen molar-refractivity contribution in [3.63, 3.8) is 0 Å². The first kappa shape index (κ1) is 16.3. The van der Waals surface area contributed by atoms with Crippen molar-refractivity contribution in [2.24, 2.45) is 5.73 Å². The Labute approximate surface area is 143 Å². The number of anilines is 2. The van der Waals surface area contributed by atoms with Gasteiger partial charge in [0.1, 0.15) is 11.9 Å². The molecule has 1 fully saturated rings. The lowest BCUT2D eigenvalue weighted by atomic mass is 10.1. The molecule has 1 atom stereocenters. The third-order valence-electron chi connectivity index (χ3n) is 3.92. The van der Waals surface area contributed by atoms with Crippen LogP contribution in [0.4, 0.5) is 15.8 Å². The molecule has 0 spiro atoms. The van der Waals surface area contributed by atoms with Crippen LogP contribution in [0, 0.1) is 5.82 Å². The van der Waals surface area contributed by atoms with E-state index in [-0.39, 0.29) is 22.2 Å². The van der Waals surface area contributed by atoms with E-state index in [4.69, 9.17) is 17.3 Å². The Morgan fingerprint density at radius 2 is 2.04 bits per heavy atom. The second-order valence-corrected chi connectivity index (χ2v) is 5.89. The molecule has 1 heterocycles. The number of carbonyl (C=O) groups excluding carboxylic acids is 2. The van der Waals surface area contributed by atoms with Crippen LogP contribution >= 0.6 is 11.6 Å². The highest BCUT2D eigenvalue weighted by Gasteiger charge is 2.33. The Morgan fingerprint density at radius 3 is 2.75 bits per heavy atom. The van der Waals surface area contributed by atoms with Crippen LogP contribution < -0.4 is 16.0 Å². The monoisotopic (exact) mass is 347 g/mol. The lowest BCUT2D eigenvalue weighted by molar-refractivity contribution is -0.117. The van der Waals surface area contributed by atoms with Gasteiger partial charge >= 0.3 is 0 Å². The molecule has 0 aliphatic carbocycles. The largest absolute Gasteiger partial charge is 0.374 e. The van der Waals surface area contributed by atoms with Crippen molar-refractivity contribution in [2.75, 3.05) is 16.8 Å². The molecule has 0 unspecified atom stereocenters. The number of nitrogens with one attached hydrogen (secondary N) is 1. The normalized spacial score (nSPS) is 17.2. The Bertz CT molecular complexity index is 812. The summed E-state index contributed by atoms with van der Waals surface area (Å²) in [6.07, 6.45) is 0.516. The first-order chi connectivity index (χ1) is 11.5. The molecule has 1 saturated heterocycles. The van der Waals surface area contributed by atoms with Gasteiger partial charge in [-0.3, -0.25) is 9.59 Å². The first-order valence-electron chi connectivity index (χ1n) is 7.39. The second-order valence-electron chi connectivity index (χ2n) is 5.49. The first-order valence-corrected chi connectivity index (χ1v) is 7.77. The Balaban J connectivity index is 1.78. The molecule has 5 nitrogen and oxygen atoms in total. The van der Waals surface area contributed by atoms with Gasteiger partial charge in [-0.15, -0.1) is 0 Å². The molecule has 7 heteroatoms. The molecule has 24 heavy (non-hydrogen) atoms. The molecule has 3 N–H and O–H groups in total. The Kier molecular flexibility index (Phi) is 4.40. The number of halogens is 2. The zero-order chi connectivity index (χ0) is 17.3. The summed E-state index contributed by atoms with van der Waals surface area (Å²) in [4.78, 5) is 25.3. The predicted octanol–water partition coefficient (Wildman–Crippen LogP) is 2.80. The third-order valence-corrected chi connectivity index (χ3v) is 4.25. The van der Waals surface area contributed by atoms with Crippen molar-refractivity contribution in [1.82, 2.24) is 0 Å². The highest BCUT2D eigenvalue weighted by atomic mass is 35.5. The highest BCUT2D eigenvalue weighted by Crippen LogP contribution is 2.27. The Hall–Kier alpha value is -2.60. The van der Waals surface area contributed by atoms with Crippen molar-refractivity contribution in [3.05, 3.63) is 58.9 Å². The number of primary amides is 1. The minimum absolute atomic E-state index is 0.179. The number of nitrogens with zero attached hydrogens (tertiary/aromatic N) is 1. The standard InChI is InChI=1S/C17H15ClFN3O2/c18-12-6-5-10(9-11(12)16(20)23)21-14-7-8-22(17(14)24)15-4-2-1-3-13(15)19/h1-6,9,14,21H,7-8H2,(H2,20,23)/t14-/m0/s1. The molecule has 0 radical (unpaired) electrons. The van der Waals surface area contributed by atoms with Gasteiger partial charge in [0.2, 0.25) is 11.8 Å². The van der Waals surface area contributed by atoms with Crippen molar-refractivity contribution in [1.29, 1.82) is 0 Å². The molecule has 0 aromatic heterocycles. The van der Waals surface area contributed by atoms with Crippen molar-refractivity contribution in [2.45, 2.75) is 12.5 Å². The maximum Gasteiger partial charge on any atom is 0.250 e. The van der Waals surface area contributed by atoms with Crippen LogP contribution in [0.2, 0.25) is 5.02 Å². The smallest absolute Gasteiger partial charge is 0.250 e. The van der Waals surface area contributed by atoms with Crippen LogP contribution in [0.15, 0.2) is 42.5 Å². The summed E-state index contributed by atoms with van der Waals surface area (Å²) in [5.41, 5.74) is 6.27. The van der Waals surface area contributed by atoms with Gasteiger partial charge in [0.25, 0.3) is 0 Å². The number of rotatable bonds is 4. The molecule has 3 rings (SSSR count). The number of benzene rings is 2. The molecule has 1 aliphatic heterocycles. The molecular weight excluding hydrogens is 333 g/mol. The summed E-state index contributed by atoms with van der Waals surface area (Å²) in [5, 5.41) is 3.30. The molecule has 124 valence electrons. The summed E-state index contributed by atoms with van der Waals surface area (Å²) in [5.74, 6) is -1.31. The van der Waals surface area contributed by atoms with Gasteiger partial charge in [0.05, 0.1) is 16.3 Å². The van der Waals surface area contributed by atoms with E-state index < -0.39 is 17.8 Å². The van der Waals surface area contributed by atoms with Gasteiger partial charge in [-0.25, -0.2) is 4.39 Å². The summed E-state index contributed by atoms with van der Waals surface area (Å²) < 4.78 is 13.9. The zero-order valence-electron chi connectivity index (χ0n) is 12.6. The van der Waals surface area contributed by atoms with Gasteiger partial charge in [-0.1, -0.05) is 23.7 Å². The number of carbonyl (C=O) groups is 2. The summed E-state index contributed by atoms with van der Waals surface area (Å²) in [7, 11) is 0. The fraction of sp³-hybridized carbons (Fsp3) is 0.176. The van der Waals surface area contributed by atoms with E-state index in [1.54, 1.807) is 24.3 Å². The van der Waals surface area contributed by atoms with Crippen LogP contribution in [-0.4, -0.2) is 24.4 Å². The summed E-state index contributed by atoms with van der Waals surface area (Å²) in [6, 6.07) is 10.4. The maximum absolute atomic E-state index is 13.9. The fourth-order valence-electron chi connectivity index (χ4n) is 2.73. The number of nitrogens with two attached hydrogens (primary N) is 1. The Morgan fingerprint density at radius 1 is 1.29 bits per heavy atom. The second kappa shape index (κ2) is 6.49. The van der Waals surface area contributed by atoms with Crippen molar-refractivity contribution in [3.8, 4) is 0 Å². The van der Waals surface area contributed by atoms with E-state index in [0.29, 0.717) is 18.7 Å². The molecule has 2 amide bonds. The van der Waals surface area contributed by atoms with E-state index in [1.165, 1.54) is 23.1 Å². The van der Waals surface area contributed by atoms with E-state index >= 15 is 0 Å². The summed E-state index contributed by atoms with van der Waals surface area (Å²) >= 11 is 5.91. The average molecular weight is 348 g/mol. The van der Waals surface area contributed by atoms with E-state index in [2.05, 4.69) is 5.32 Å². The lowest BCUT2D eigenvalue weighted by Crippen LogP contribution is -2.34. The van der Waals surface area contributed by atoms with Gasteiger partial charge in [-0.2, -0.15) is 0 Å². The maximum atomic E-state index is 13.9. The third kappa shape index (κ3) is 3.05. The lowest BCUT2D eigenvalue weighted by Gasteiger charge is -2.18. The van der Waals surface area contributed by atoms with Crippen LogP contribution in [-0.2, 0) is 4.79 Å². The topological polar surface area (TPSA) is 75.4 Å². The predicted molar refractivity (Wildman–Crippen MR) is 90.8 cm³/mol. The van der Waals surface area contributed by atoms with Gasteiger partial charge in [0, 0.05) is 12.2 Å². The van der Waals surface area contributed by atoms with E-state index in [0.717, 1.165) is 0 Å². The van der Waals surface area contributed by atoms with Crippen molar-refractivity contribution < 1.29 is 14.0 Å². The SMILES string of the molecule is NC(=O)c1cc(N[C@H]2CCN(c3ccccc3F)C2=O)ccc1Cl. The number of hydrogen-bond donors (Lipinski definition) is 2. The molecule has 1 aliphatic rings. The zero-order valence-corrected chi connectivity index (χ0v) is 13.4. The van der Waals surface area contributed by atoms with Gasteiger partial charge in [-0.05, 0) is 36.8 Å². The average Bonchev–Trinajstić information content (AvgIpc) is 2.90. The minimum Gasteiger partial charge on any atom is -0.374 e. The quantitative estimate of drug-likeness (QED) is 0.893. The fourth-order valence-corrected chi connectivity index (χ4v) is 2.94. The van der Waals surface area contributed by atoms with Crippen LogP contribution in [0.1, 0.15) is 16.8 Å². The van der Waals surface area contributed by atoms with Crippen molar-refractivity contribution >= 4 is 34.8 Å². The molecule has 2 aromatic carbocycles. The summed E-state index contributed by atoms with van der Waals surface area (Å²) in [6.45, 7) is 0.410. The molecular formula is C17H15ClFN3O2. The van der Waals surface area contributed by atoms with E-state index in [1.807, 2.05) is 0 Å². The number of amides is 2. The molecule has 0 bridgehead atoms. The van der Waals surface area contributed by atoms with Crippen LogP contribution in [0.25, 0.3) is 0 Å².